The Morgan fingerprint density at radius 1 is 1.31 bits per heavy atom. The summed E-state index contributed by atoms with van der Waals surface area (Å²) in [5, 5.41) is 0.446. The number of hydrogen-bond acceptors (Lipinski definition) is 5. The Morgan fingerprint density at radius 3 is 2.65 bits per heavy atom. The fraction of sp³-hybridized carbons (Fsp3) is 0.412. The molecular formula is C17H21ClN4O3S. The summed E-state index contributed by atoms with van der Waals surface area (Å²) in [6.07, 6.45) is 1.28. The van der Waals surface area contributed by atoms with Crippen molar-refractivity contribution in [3.63, 3.8) is 0 Å². The van der Waals surface area contributed by atoms with Crippen LogP contribution in [0.4, 0.5) is 5.95 Å². The van der Waals surface area contributed by atoms with Crippen LogP contribution in [0.5, 0.6) is 0 Å². The number of halogens is 1. The quantitative estimate of drug-likeness (QED) is 0.803. The van der Waals surface area contributed by atoms with E-state index in [1.165, 1.54) is 6.07 Å². The maximum atomic E-state index is 12.4. The van der Waals surface area contributed by atoms with Crippen LogP contribution in [0, 0.1) is 6.92 Å². The fourth-order valence-electron chi connectivity index (χ4n) is 3.04. The zero-order chi connectivity index (χ0) is 18.7. The van der Waals surface area contributed by atoms with Gasteiger partial charge in [-0.05, 0) is 31.4 Å². The summed E-state index contributed by atoms with van der Waals surface area (Å²) in [5.41, 5.74) is 1.06. The number of nitrogens with zero attached hydrogens (tertiary/aromatic N) is 2. The zero-order valence-electron chi connectivity index (χ0n) is 14.4. The Labute approximate surface area is 157 Å². The van der Waals surface area contributed by atoms with E-state index in [1.807, 2.05) is 4.90 Å². The number of aromatic nitrogens is 2. The fourth-order valence-corrected chi connectivity index (χ4v) is 4.81. The van der Waals surface area contributed by atoms with Crippen LogP contribution in [0.15, 0.2) is 35.1 Å². The standard InChI is InChI=1S/C17H21ClN4O3S/c1-12-10-16(23)20-17(19-12)22-8-6-14(7-9-22)21-26(24,25)11-13-4-2-3-5-15(13)18/h2-5,10,14,21H,6-9,11H2,1H3,(H,19,20,23). The third-order valence-electron chi connectivity index (χ3n) is 4.30. The number of anilines is 1. The van der Waals surface area contributed by atoms with Crippen LogP contribution in [0.25, 0.3) is 0 Å². The lowest BCUT2D eigenvalue weighted by molar-refractivity contribution is 0.456. The van der Waals surface area contributed by atoms with Gasteiger partial charge in [-0.3, -0.25) is 9.78 Å². The number of rotatable bonds is 5. The Balaban J connectivity index is 1.59. The molecule has 0 radical (unpaired) electrons. The molecule has 1 aliphatic heterocycles. The second-order valence-corrected chi connectivity index (χ2v) is 8.60. The number of nitrogens with one attached hydrogen (secondary N) is 2. The Hall–Kier alpha value is -1.90. The average Bonchev–Trinajstić information content (AvgIpc) is 2.56. The van der Waals surface area contributed by atoms with Gasteiger partial charge in [0.1, 0.15) is 0 Å². The minimum Gasteiger partial charge on any atom is -0.342 e. The monoisotopic (exact) mass is 396 g/mol. The first kappa shape index (κ1) is 18.9. The molecule has 2 aromatic rings. The molecule has 0 atom stereocenters. The summed E-state index contributed by atoms with van der Waals surface area (Å²) in [6, 6.07) is 8.23. The number of H-pyrrole nitrogens is 1. The molecule has 0 spiro atoms. The summed E-state index contributed by atoms with van der Waals surface area (Å²) >= 11 is 6.05. The molecule has 3 rings (SSSR count). The number of aromatic amines is 1. The van der Waals surface area contributed by atoms with E-state index >= 15 is 0 Å². The van der Waals surface area contributed by atoms with Gasteiger partial charge in [0.15, 0.2) is 0 Å². The maximum Gasteiger partial charge on any atom is 0.252 e. The van der Waals surface area contributed by atoms with E-state index < -0.39 is 10.0 Å². The van der Waals surface area contributed by atoms with Crippen molar-refractivity contribution < 1.29 is 8.42 Å². The Bertz CT molecular complexity index is 937. The second-order valence-electron chi connectivity index (χ2n) is 6.44. The van der Waals surface area contributed by atoms with E-state index in [1.54, 1.807) is 31.2 Å². The summed E-state index contributed by atoms with van der Waals surface area (Å²) in [6.45, 7) is 3.01. The van der Waals surface area contributed by atoms with Gasteiger partial charge in [-0.2, -0.15) is 0 Å². The third kappa shape index (κ3) is 4.84. The Kier molecular flexibility index (Phi) is 5.64. The molecule has 9 heteroatoms. The van der Waals surface area contributed by atoms with Crippen molar-refractivity contribution in [3.8, 4) is 0 Å². The topological polar surface area (TPSA) is 95.2 Å². The van der Waals surface area contributed by atoms with E-state index in [-0.39, 0.29) is 17.4 Å². The van der Waals surface area contributed by atoms with Gasteiger partial charge in [0.2, 0.25) is 16.0 Å². The molecule has 2 N–H and O–H groups in total. The van der Waals surface area contributed by atoms with Crippen molar-refractivity contribution in [2.45, 2.75) is 31.6 Å². The lowest BCUT2D eigenvalue weighted by Gasteiger charge is -2.32. The van der Waals surface area contributed by atoms with Crippen LogP contribution in [0.2, 0.25) is 5.02 Å². The highest BCUT2D eigenvalue weighted by atomic mass is 35.5. The normalized spacial score (nSPS) is 16.0. The summed E-state index contributed by atoms with van der Waals surface area (Å²) < 4.78 is 27.6. The first-order chi connectivity index (χ1) is 12.3. The molecule has 7 nitrogen and oxygen atoms in total. The molecule has 1 aliphatic rings. The minimum atomic E-state index is -3.48. The smallest absolute Gasteiger partial charge is 0.252 e. The van der Waals surface area contributed by atoms with Crippen molar-refractivity contribution >= 4 is 27.6 Å². The van der Waals surface area contributed by atoms with Crippen molar-refractivity contribution in [1.82, 2.24) is 14.7 Å². The number of piperidine rings is 1. The first-order valence-corrected chi connectivity index (χ1v) is 10.4. The van der Waals surface area contributed by atoms with Gasteiger partial charge in [-0.15, -0.1) is 0 Å². The van der Waals surface area contributed by atoms with Gasteiger partial charge in [0, 0.05) is 35.9 Å². The number of benzene rings is 1. The Morgan fingerprint density at radius 2 is 2.00 bits per heavy atom. The lowest BCUT2D eigenvalue weighted by atomic mass is 10.1. The van der Waals surface area contributed by atoms with Crippen molar-refractivity contribution in [2.24, 2.45) is 0 Å². The molecular weight excluding hydrogens is 376 g/mol. The van der Waals surface area contributed by atoms with Crippen LogP contribution in [0.3, 0.4) is 0 Å². The van der Waals surface area contributed by atoms with Crippen LogP contribution in [-0.4, -0.2) is 37.5 Å². The van der Waals surface area contributed by atoms with Crippen molar-refractivity contribution in [2.75, 3.05) is 18.0 Å². The molecule has 0 amide bonds. The van der Waals surface area contributed by atoms with Crippen molar-refractivity contribution in [3.05, 3.63) is 57.0 Å². The highest BCUT2D eigenvalue weighted by Crippen LogP contribution is 2.19. The minimum absolute atomic E-state index is 0.139. The maximum absolute atomic E-state index is 12.4. The largest absolute Gasteiger partial charge is 0.342 e. The molecule has 1 fully saturated rings. The average molecular weight is 397 g/mol. The van der Waals surface area contributed by atoms with E-state index in [9.17, 15) is 13.2 Å². The van der Waals surface area contributed by atoms with Crippen LogP contribution >= 0.6 is 11.6 Å². The molecule has 1 aromatic carbocycles. The molecule has 2 heterocycles. The number of aryl methyl sites for hydroxylation is 1. The molecule has 140 valence electrons. The SMILES string of the molecule is Cc1cc(=O)[nH]c(N2CCC(NS(=O)(=O)Cc3ccccc3Cl)CC2)n1. The number of sulfonamides is 1. The van der Waals surface area contributed by atoms with Gasteiger partial charge in [0.05, 0.1) is 5.75 Å². The van der Waals surface area contributed by atoms with E-state index in [4.69, 9.17) is 11.6 Å². The van der Waals surface area contributed by atoms with Gasteiger partial charge in [0.25, 0.3) is 5.56 Å². The van der Waals surface area contributed by atoms with E-state index in [0.29, 0.717) is 48.2 Å². The first-order valence-electron chi connectivity index (χ1n) is 8.39. The van der Waals surface area contributed by atoms with E-state index in [0.717, 1.165) is 0 Å². The molecule has 1 saturated heterocycles. The van der Waals surface area contributed by atoms with Crippen LogP contribution in [-0.2, 0) is 15.8 Å². The highest BCUT2D eigenvalue weighted by Gasteiger charge is 2.25. The second kappa shape index (κ2) is 7.77. The molecule has 26 heavy (non-hydrogen) atoms. The van der Waals surface area contributed by atoms with E-state index in [2.05, 4.69) is 14.7 Å². The zero-order valence-corrected chi connectivity index (χ0v) is 16.0. The molecule has 1 aromatic heterocycles. The summed E-state index contributed by atoms with van der Waals surface area (Å²) in [7, 11) is -3.48. The van der Waals surface area contributed by atoms with Crippen molar-refractivity contribution in [1.29, 1.82) is 0 Å². The third-order valence-corrected chi connectivity index (χ3v) is 6.05. The predicted molar refractivity (Wildman–Crippen MR) is 102 cm³/mol. The number of hydrogen-bond donors (Lipinski definition) is 2. The van der Waals surface area contributed by atoms with Crippen LogP contribution in [0.1, 0.15) is 24.1 Å². The summed E-state index contributed by atoms with van der Waals surface area (Å²) in [5.74, 6) is 0.395. The highest BCUT2D eigenvalue weighted by molar-refractivity contribution is 7.88. The van der Waals surface area contributed by atoms with Crippen LogP contribution < -0.4 is 15.2 Å². The summed E-state index contributed by atoms with van der Waals surface area (Å²) in [4.78, 5) is 20.6. The van der Waals surface area contributed by atoms with Gasteiger partial charge < -0.3 is 4.90 Å². The van der Waals surface area contributed by atoms with Gasteiger partial charge in [-0.25, -0.2) is 18.1 Å². The van der Waals surface area contributed by atoms with Gasteiger partial charge >= 0.3 is 0 Å². The molecule has 0 bridgehead atoms. The van der Waals surface area contributed by atoms with Gasteiger partial charge in [-0.1, -0.05) is 29.8 Å². The molecule has 0 unspecified atom stereocenters. The molecule has 0 saturated carbocycles. The molecule has 0 aliphatic carbocycles. The predicted octanol–water partition coefficient (Wildman–Crippen LogP) is 1.82. The lowest BCUT2D eigenvalue weighted by Crippen LogP contribution is -2.45.